The maximum atomic E-state index is 12.5. The molecule has 3 nitrogen and oxygen atoms in total. The number of hydrogen-bond acceptors (Lipinski definition) is 2. The second-order valence-corrected chi connectivity index (χ2v) is 6.06. The molecule has 0 spiro atoms. The summed E-state index contributed by atoms with van der Waals surface area (Å²) in [5, 5.41) is 5.71. The van der Waals surface area contributed by atoms with Gasteiger partial charge in [0.2, 0.25) is 5.91 Å². The van der Waals surface area contributed by atoms with Crippen molar-refractivity contribution in [2.75, 3.05) is 18.0 Å². The monoisotopic (exact) mass is 332 g/mol. The molecule has 3 rings (SSSR count). The number of amides is 1. The first-order valence-electron chi connectivity index (χ1n) is 8.82. The van der Waals surface area contributed by atoms with Crippen molar-refractivity contribution in [1.29, 1.82) is 0 Å². The molecule has 0 saturated carbocycles. The summed E-state index contributed by atoms with van der Waals surface area (Å²) in [6.45, 7) is 4.14. The Morgan fingerprint density at radius 3 is 2.44 bits per heavy atom. The fraction of sp³-hybridized carbons (Fsp3) is 0.227. The number of hydrogen-bond donors (Lipinski definition) is 1. The lowest BCUT2D eigenvalue weighted by Gasteiger charge is -2.24. The molecule has 0 bridgehead atoms. The Balaban J connectivity index is 1.72. The quantitative estimate of drug-likeness (QED) is 0.652. The van der Waals surface area contributed by atoms with E-state index in [1.165, 1.54) is 5.56 Å². The molecular weight excluding hydrogens is 308 g/mol. The third kappa shape index (κ3) is 4.25. The SMILES string of the molecule is CCC(=O)N(CCNCc1ccccc1)c1cccc2ccccc12. The van der Waals surface area contributed by atoms with Crippen LogP contribution < -0.4 is 10.2 Å². The lowest BCUT2D eigenvalue weighted by atomic mass is 10.1. The largest absolute Gasteiger partial charge is 0.311 e. The van der Waals surface area contributed by atoms with Crippen molar-refractivity contribution in [2.24, 2.45) is 0 Å². The molecule has 0 saturated heterocycles. The fourth-order valence-corrected chi connectivity index (χ4v) is 3.03. The van der Waals surface area contributed by atoms with Crippen LogP contribution >= 0.6 is 0 Å². The average Bonchev–Trinajstić information content (AvgIpc) is 2.68. The maximum absolute atomic E-state index is 12.5. The molecule has 25 heavy (non-hydrogen) atoms. The van der Waals surface area contributed by atoms with Crippen LogP contribution in [0.5, 0.6) is 0 Å². The number of carbonyl (C=O) groups is 1. The molecule has 0 aliphatic carbocycles. The lowest BCUT2D eigenvalue weighted by molar-refractivity contribution is -0.118. The highest BCUT2D eigenvalue weighted by molar-refractivity contribution is 6.03. The van der Waals surface area contributed by atoms with Crippen molar-refractivity contribution in [2.45, 2.75) is 19.9 Å². The molecule has 0 fully saturated rings. The zero-order valence-electron chi connectivity index (χ0n) is 14.6. The van der Waals surface area contributed by atoms with Crippen molar-refractivity contribution in [1.82, 2.24) is 5.32 Å². The minimum Gasteiger partial charge on any atom is -0.311 e. The highest BCUT2D eigenvalue weighted by atomic mass is 16.2. The second-order valence-electron chi connectivity index (χ2n) is 6.06. The van der Waals surface area contributed by atoms with Gasteiger partial charge in [0, 0.05) is 31.4 Å². The van der Waals surface area contributed by atoms with Crippen molar-refractivity contribution in [3.63, 3.8) is 0 Å². The summed E-state index contributed by atoms with van der Waals surface area (Å²) in [6.07, 6.45) is 0.502. The minimum atomic E-state index is 0.151. The molecule has 128 valence electrons. The zero-order chi connectivity index (χ0) is 17.5. The van der Waals surface area contributed by atoms with Gasteiger partial charge >= 0.3 is 0 Å². The molecule has 3 aromatic carbocycles. The smallest absolute Gasteiger partial charge is 0.226 e. The first kappa shape index (κ1) is 17.2. The van der Waals surface area contributed by atoms with Crippen LogP contribution in [0.25, 0.3) is 10.8 Å². The lowest BCUT2D eigenvalue weighted by Crippen LogP contribution is -2.36. The second kappa shape index (κ2) is 8.45. The van der Waals surface area contributed by atoms with Gasteiger partial charge in [-0.15, -0.1) is 0 Å². The highest BCUT2D eigenvalue weighted by Gasteiger charge is 2.15. The molecule has 3 aromatic rings. The normalized spacial score (nSPS) is 10.8. The van der Waals surface area contributed by atoms with Crippen molar-refractivity contribution >= 4 is 22.4 Å². The van der Waals surface area contributed by atoms with E-state index < -0.39 is 0 Å². The summed E-state index contributed by atoms with van der Waals surface area (Å²) in [5.74, 6) is 0.151. The van der Waals surface area contributed by atoms with Crippen molar-refractivity contribution in [3.8, 4) is 0 Å². The van der Waals surface area contributed by atoms with Crippen LogP contribution in [0.4, 0.5) is 5.69 Å². The van der Waals surface area contributed by atoms with Crippen molar-refractivity contribution in [3.05, 3.63) is 78.4 Å². The summed E-state index contributed by atoms with van der Waals surface area (Å²) in [6, 6.07) is 24.7. The number of carbonyl (C=O) groups excluding carboxylic acids is 1. The van der Waals surface area contributed by atoms with Gasteiger partial charge in [-0.05, 0) is 17.0 Å². The Hall–Kier alpha value is -2.65. The summed E-state index contributed by atoms with van der Waals surface area (Å²) in [4.78, 5) is 14.4. The van der Waals surface area contributed by atoms with Gasteiger partial charge in [0.05, 0.1) is 5.69 Å². The van der Waals surface area contributed by atoms with Crippen LogP contribution in [-0.2, 0) is 11.3 Å². The number of nitrogens with one attached hydrogen (secondary N) is 1. The first-order valence-corrected chi connectivity index (χ1v) is 8.82. The summed E-state index contributed by atoms with van der Waals surface area (Å²) in [7, 11) is 0. The number of rotatable bonds is 7. The molecule has 3 heteroatoms. The van der Waals surface area contributed by atoms with Crippen LogP contribution in [0.1, 0.15) is 18.9 Å². The van der Waals surface area contributed by atoms with E-state index in [0.717, 1.165) is 29.5 Å². The minimum absolute atomic E-state index is 0.151. The van der Waals surface area contributed by atoms with Crippen molar-refractivity contribution < 1.29 is 4.79 Å². The van der Waals surface area contributed by atoms with E-state index in [9.17, 15) is 4.79 Å². The van der Waals surface area contributed by atoms with E-state index in [0.29, 0.717) is 13.0 Å². The number of fused-ring (bicyclic) bond motifs is 1. The Bertz CT molecular complexity index is 824. The summed E-state index contributed by atoms with van der Waals surface area (Å²) < 4.78 is 0. The fourth-order valence-electron chi connectivity index (χ4n) is 3.03. The maximum Gasteiger partial charge on any atom is 0.226 e. The van der Waals surface area contributed by atoms with Gasteiger partial charge in [-0.1, -0.05) is 73.7 Å². The third-order valence-electron chi connectivity index (χ3n) is 4.35. The summed E-state index contributed by atoms with van der Waals surface area (Å²) >= 11 is 0. The Morgan fingerprint density at radius 2 is 1.64 bits per heavy atom. The van der Waals surface area contributed by atoms with E-state index in [2.05, 4.69) is 35.6 Å². The van der Waals surface area contributed by atoms with Gasteiger partial charge < -0.3 is 10.2 Å². The summed E-state index contributed by atoms with van der Waals surface area (Å²) in [5.41, 5.74) is 2.24. The Kier molecular flexibility index (Phi) is 5.81. The molecular formula is C22H24N2O. The van der Waals surface area contributed by atoms with E-state index in [4.69, 9.17) is 0 Å². The van der Waals surface area contributed by atoms with Crippen LogP contribution in [-0.4, -0.2) is 19.0 Å². The predicted octanol–water partition coefficient (Wildman–Crippen LogP) is 4.37. The van der Waals surface area contributed by atoms with E-state index in [1.54, 1.807) is 0 Å². The average molecular weight is 332 g/mol. The van der Waals surface area contributed by atoms with Gasteiger partial charge in [0.15, 0.2) is 0 Å². The van der Waals surface area contributed by atoms with E-state index in [1.807, 2.05) is 54.3 Å². The molecule has 1 N–H and O–H groups in total. The van der Waals surface area contributed by atoms with E-state index >= 15 is 0 Å². The Morgan fingerprint density at radius 1 is 0.920 bits per heavy atom. The van der Waals surface area contributed by atoms with E-state index in [-0.39, 0.29) is 5.91 Å². The molecule has 0 radical (unpaired) electrons. The van der Waals surface area contributed by atoms with Gasteiger partial charge in [0.1, 0.15) is 0 Å². The van der Waals surface area contributed by atoms with Gasteiger partial charge in [-0.2, -0.15) is 0 Å². The third-order valence-corrected chi connectivity index (χ3v) is 4.35. The topological polar surface area (TPSA) is 32.3 Å². The molecule has 0 heterocycles. The standard InChI is InChI=1S/C22H24N2O/c1-2-22(25)24(16-15-23-17-18-9-4-3-5-10-18)21-14-8-12-19-11-6-7-13-20(19)21/h3-14,23H,2,15-17H2,1H3. The number of anilines is 1. The van der Waals surface area contributed by atoms with Crippen LogP contribution in [0.15, 0.2) is 72.8 Å². The van der Waals surface area contributed by atoms with Crippen LogP contribution in [0.3, 0.4) is 0 Å². The number of nitrogens with zero attached hydrogens (tertiary/aromatic N) is 1. The molecule has 0 aliphatic rings. The van der Waals surface area contributed by atoms with Gasteiger partial charge in [-0.25, -0.2) is 0 Å². The zero-order valence-corrected chi connectivity index (χ0v) is 14.6. The van der Waals surface area contributed by atoms with Crippen LogP contribution in [0, 0.1) is 0 Å². The molecule has 0 atom stereocenters. The molecule has 1 amide bonds. The van der Waals surface area contributed by atoms with Gasteiger partial charge in [0.25, 0.3) is 0 Å². The van der Waals surface area contributed by atoms with Gasteiger partial charge in [-0.3, -0.25) is 4.79 Å². The molecule has 0 unspecified atom stereocenters. The molecule has 0 aliphatic heterocycles. The molecule has 0 aromatic heterocycles. The Labute approximate surface area is 149 Å². The first-order chi connectivity index (χ1) is 12.3. The predicted molar refractivity (Wildman–Crippen MR) is 105 cm³/mol. The highest BCUT2D eigenvalue weighted by Crippen LogP contribution is 2.27. The number of benzene rings is 3. The van der Waals surface area contributed by atoms with Crippen LogP contribution in [0.2, 0.25) is 0 Å².